The summed E-state index contributed by atoms with van der Waals surface area (Å²) >= 11 is 0. The van der Waals surface area contributed by atoms with Crippen LogP contribution < -0.4 is 0 Å². The molecule has 1 aliphatic rings. The molecule has 0 aromatic heterocycles. The predicted molar refractivity (Wildman–Crippen MR) is 61.7 cm³/mol. The van der Waals surface area contributed by atoms with Crippen LogP contribution in [0.3, 0.4) is 0 Å². The van der Waals surface area contributed by atoms with E-state index in [1.54, 1.807) is 0 Å². The van der Waals surface area contributed by atoms with E-state index in [-0.39, 0.29) is 5.75 Å². The summed E-state index contributed by atoms with van der Waals surface area (Å²) in [4.78, 5) is 0. The lowest BCUT2D eigenvalue weighted by Crippen LogP contribution is -2.21. The topological polar surface area (TPSA) is 43.4 Å². The molecule has 0 amide bonds. The van der Waals surface area contributed by atoms with E-state index in [9.17, 15) is 8.42 Å². The van der Waals surface area contributed by atoms with E-state index in [1.165, 1.54) is 19.3 Å². The van der Waals surface area contributed by atoms with Gasteiger partial charge in [-0.1, -0.05) is 12.8 Å². The Morgan fingerprint density at radius 1 is 1.13 bits per heavy atom. The van der Waals surface area contributed by atoms with Crippen molar-refractivity contribution in [2.75, 3.05) is 12.4 Å². The maximum atomic E-state index is 10.6. The number of halogens is 1. The molecule has 0 atom stereocenters. The second-order valence-electron chi connectivity index (χ2n) is 4.08. The molecule has 0 radical (unpaired) electrons. The van der Waals surface area contributed by atoms with E-state index in [4.69, 9.17) is 15.4 Å². The molecule has 0 bridgehead atoms. The Morgan fingerprint density at radius 3 is 2.33 bits per heavy atom. The van der Waals surface area contributed by atoms with Gasteiger partial charge in [0, 0.05) is 17.3 Å². The standard InChI is InChI=1S/C10H19ClO3S/c11-15(12,13)9-4-2-1-3-8-14-10-6-5-7-10/h10H,1-9H2. The molecule has 0 saturated heterocycles. The Morgan fingerprint density at radius 2 is 1.80 bits per heavy atom. The van der Waals surface area contributed by atoms with Gasteiger partial charge in [0.2, 0.25) is 9.05 Å². The highest BCUT2D eigenvalue weighted by Crippen LogP contribution is 2.22. The van der Waals surface area contributed by atoms with E-state index in [2.05, 4.69) is 0 Å². The molecule has 1 aliphatic carbocycles. The first-order valence-corrected chi connectivity index (χ1v) is 8.10. The van der Waals surface area contributed by atoms with Crippen LogP contribution in [-0.4, -0.2) is 26.9 Å². The molecule has 0 spiro atoms. The molecule has 5 heteroatoms. The Hall–Kier alpha value is 0.200. The van der Waals surface area contributed by atoms with E-state index in [0.29, 0.717) is 12.5 Å². The number of hydrogen-bond acceptors (Lipinski definition) is 3. The van der Waals surface area contributed by atoms with Gasteiger partial charge in [-0.05, 0) is 32.1 Å². The van der Waals surface area contributed by atoms with Crippen molar-refractivity contribution in [1.29, 1.82) is 0 Å². The summed E-state index contributed by atoms with van der Waals surface area (Å²) in [5.41, 5.74) is 0. The summed E-state index contributed by atoms with van der Waals surface area (Å²) in [6.45, 7) is 0.818. The Kier molecular flexibility index (Phi) is 5.94. The molecule has 0 unspecified atom stereocenters. The van der Waals surface area contributed by atoms with E-state index in [1.807, 2.05) is 0 Å². The first-order valence-electron chi connectivity index (χ1n) is 5.62. The molecule has 0 heterocycles. The van der Waals surface area contributed by atoms with Crippen molar-refractivity contribution in [3.63, 3.8) is 0 Å². The van der Waals surface area contributed by atoms with Crippen LogP contribution in [0.1, 0.15) is 44.9 Å². The van der Waals surface area contributed by atoms with Crippen LogP contribution in [0, 0.1) is 0 Å². The maximum absolute atomic E-state index is 10.6. The lowest BCUT2D eigenvalue weighted by atomic mass is 9.96. The highest BCUT2D eigenvalue weighted by molar-refractivity contribution is 8.13. The average molecular weight is 255 g/mol. The first kappa shape index (κ1) is 13.3. The minimum Gasteiger partial charge on any atom is -0.378 e. The second-order valence-corrected chi connectivity index (χ2v) is 6.98. The monoisotopic (exact) mass is 254 g/mol. The highest BCUT2D eigenvalue weighted by Gasteiger charge is 2.16. The van der Waals surface area contributed by atoms with Gasteiger partial charge >= 0.3 is 0 Å². The van der Waals surface area contributed by atoms with Gasteiger partial charge in [0.25, 0.3) is 0 Å². The smallest absolute Gasteiger partial charge is 0.232 e. The molecule has 0 aliphatic heterocycles. The molecule has 0 N–H and O–H groups in total. The minimum atomic E-state index is -3.28. The normalized spacial score (nSPS) is 17.7. The van der Waals surface area contributed by atoms with Crippen molar-refractivity contribution >= 4 is 19.7 Å². The van der Waals surface area contributed by atoms with Crippen molar-refractivity contribution in [3.05, 3.63) is 0 Å². The van der Waals surface area contributed by atoms with Crippen molar-refractivity contribution in [2.24, 2.45) is 0 Å². The van der Waals surface area contributed by atoms with E-state index < -0.39 is 9.05 Å². The summed E-state index contributed by atoms with van der Waals surface area (Å²) in [5, 5.41) is 0. The molecular formula is C10H19ClO3S. The van der Waals surface area contributed by atoms with Crippen LogP contribution in [-0.2, 0) is 13.8 Å². The van der Waals surface area contributed by atoms with Gasteiger partial charge in [0.05, 0.1) is 11.9 Å². The third kappa shape index (κ3) is 7.14. The average Bonchev–Trinajstić information content (AvgIpc) is 2.04. The molecular weight excluding hydrogens is 236 g/mol. The molecule has 1 fully saturated rings. The Labute approximate surface area is 96.6 Å². The van der Waals surface area contributed by atoms with Crippen molar-refractivity contribution in [3.8, 4) is 0 Å². The van der Waals surface area contributed by atoms with Crippen LogP contribution in [0.5, 0.6) is 0 Å². The number of ether oxygens (including phenoxy) is 1. The molecule has 0 aromatic carbocycles. The number of rotatable bonds is 8. The Bertz CT molecular complexity index is 260. The summed E-state index contributed by atoms with van der Waals surface area (Å²) in [6, 6.07) is 0. The lowest BCUT2D eigenvalue weighted by molar-refractivity contribution is 0.000655. The largest absolute Gasteiger partial charge is 0.378 e. The summed E-state index contributed by atoms with van der Waals surface area (Å²) in [5.74, 6) is 0.0953. The third-order valence-corrected chi connectivity index (χ3v) is 3.93. The van der Waals surface area contributed by atoms with Gasteiger partial charge < -0.3 is 4.74 Å². The highest BCUT2D eigenvalue weighted by atomic mass is 35.7. The first-order chi connectivity index (χ1) is 7.08. The second kappa shape index (κ2) is 6.71. The van der Waals surface area contributed by atoms with Crippen LogP contribution in [0.4, 0.5) is 0 Å². The van der Waals surface area contributed by atoms with Gasteiger partial charge in [-0.25, -0.2) is 8.42 Å². The zero-order valence-electron chi connectivity index (χ0n) is 8.95. The quantitative estimate of drug-likeness (QED) is 0.494. The van der Waals surface area contributed by atoms with Crippen molar-refractivity contribution in [2.45, 2.75) is 51.0 Å². The third-order valence-electron chi connectivity index (χ3n) is 2.69. The number of unbranched alkanes of at least 4 members (excludes halogenated alkanes) is 3. The molecule has 3 nitrogen and oxygen atoms in total. The fourth-order valence-corrected chi connectivity index (χ4v) is 2.39. The zero-order chi connectivity index (χ0) is 11.1. The van der Waals surface area contributed by atoms with Gasteiger partial charge in [0.15, 0.2) is 0 Å². The van der Waals surface area contributed by atoms with Gasteiger partial charge in [-0.3, -0.25) is 0 Å². The van der Waals surface area contributed by atoms with Crippen LogP contribution in [0.15, 0.2) is 0 Å². The molecule has 0 aromatic rings. The fourth-order valence-electron chi connectivity index (χ4n) is 1.52. The molecule has 1 saturated carbocycles. The summed E-state index contributed by atoms with van der Waals surface area (Å²) in [7, 11) is 1.80. The van der Waals surface area contributed by atoms with Crippen molar-refractivity contribution in [1.82, 2.24) is 0 Å². The SMILES string of the molecule is O=S(=O)(Cl)CCCCCCOC1CCC1. The zero-order valence-corrected chi connectivity index (χ0v) is 10.5. The Balaban J connectivity index is 1.80. The summed E-state index contributed by atoms with van der Waals surface area (Å²) < 4.78 is 26.8. The van der Waals surface area contributed by atoms with E-state index >= 15 is 0 Å². The number of hydrogen-bond donors (Lipinski definition) is 0. The summed E-state index contributed by atoms with van der Waals surface area (Å²) in [6.07, 6.45) is 7.87. The van der Waals surface area contributed by atoms with E-state index in [0.717, 1.165) is 25.9 Å². The maximum Gasteiger partial charge on any atom is 0.232 e. The van der Waals surface area contributed by atoms with Crippen LogP contribution in [0.25, 0.3) is 0 Å². The molecule has 90 valence electrons. The van der Waals surface area contributed by atoms with Gasteiger partial charge in [0.1, 0.15) is 0 Å². The van der Waals surface area contributed by atoms with Gasteiger partial charge in [-0.15, -0.1) is 0 Å². The predicted octanol–water partition coefficient (Wildman–Crippen LogP) is 2.68. The molecule has 15 heavy (non-hydrogen) atoms. The molecule has 1 rings (SSSR count). The van der Waals surface area contributed by atoms with Gasteiger partial charge in [-0.2, -0.15) is 0 Å². The fraction of sp³-hybridized carbons (Fsp3) is 1.00. The lowest BCUT2D eigenvalue weighted by Gasteiger charge is -2.25. The van der Waals surface area contributed by atoms with Crippen LogP contribution >= 0.6 is 10.7 Å². The van der Waals surface area contributed by atoms with Crippen molar-refractivity contribution < 1.29 is 13.2 Å². The van der Waals surface area contributed by atoms with Crippen LogP contribution in [0.2, 0.25) is 0 Å². The minimum absolute atomic E-state index is 0.0953.